The molecular weight excluding hydrogens is 768 g/mol. The lowest BCUT2D eigenvalue weighted by molar-refractivity contribution is 0.256. The third-order valence-electron chi connectivity index (χ3n) is 8.59. The summed E-state index contributed by atoms with van der Waals surface area (Å²) in [5.74, 6) is 0.833. The van der Waals surface area contributed by atoms with Gasteiger partial charge < -0.3 is 20.4 Å². The molecule has 0 aromatic heterocycles. The summed E-state index contributed by atoms with van der Waals surface area (Å²) in [6.45, 7) is 3.83. The molecule has 0 atom stereocenters. The Bertz CT molecular complexity index is 1460. The van der Waals surface area contributed by atoms with Crippen LogP contribution in [0.1, 0.15) is 59.1 Å². The van der Waals surface area contributed by atoms with Crippen LogP contribution in [0.25, 0.3) is 0 Å². The molecule has 0 bridgehead atoms. The fourth-order valence-corrected chi connectivity index (χ4v) is 8.55. The van der Waals surface area contributed by atoms with Crippen molar-refractivity contribution in [2.45, 2.75) is 50.4 Å². The van der Waals surface area contributed by atoms with Crippen LogP contribution in [0.5, 0.6) is 23.0 Å². The molecule has 1 fully saturated rings. The Balaban J connectivity index is 1.71. The zero-order valence-electron chi connectivity index (χ0n) is 21.9. The number of benzene rings is 4. The van der Waals surface area contributed by atoms with E-state index in [1.165, 1.54) is 0 Å². The zero-order chi connectivity index (χ0) is 29.0. The maximum absolute atomic E-state index is 10.5. The second kappa shape index (κ2) is 11.0. The van der Waals surface area contributed by atoms with E-state index in [9.17, 15) is 20.4 Å². The molecule has 0 radical (unpaired) electrons. The maximum atomic E-state index is 10.5. The van der Waals surface area contributed by atoms with Crippen molar-refractivity contribution >= 4 is 63.7 Å². The molecule has 1 aliphatic carbocycles. The first kappa shape index (κ1) is 29.5. The van der Waals surface area contributed by atoms with Gasteiger partial charge in [-0.25, -0.2) is 0 Å². The molecule has 4 N–H and O–H groups in total. The van der Waals surface area contributed by atoms with Gasteiger partial charge in [-0.3, -0.25) is 0 Å². The van der Waals surface area contributed by atoms with Crippen molar-refractivity contribution in [1.29, 1.82) is 0 Å². The molecule has 4 aromatic rings. The standard InChI is InChI=1S/C32H28Br4O4/c1-17-11-19(3-5-27(17)37)31(20-4-6-28(38)18(2)12-20)7-9-32(10-8-31,21-13-23(33)29(39)24(34)14-21)22-15-25(35)30(40)26(36)16-22/h3-6,11-16,37-40H,7-10H2,1-2H3. The van der Waals surface area contributed by atoms with Crippen LogP contribution < -0.4 is 0 Å². The van der Waals surface area contributed by atoms with Crippen molar-refractivity contribution in [1.82, 2.24) is 0 Å². The molecule has 0 heterocycles. The Morgan fingerprint density at radius 3 is 1.07 bits per heavy atom. The summed E-state index contributed by atoms with van der Waals surface area (Å²) >= 11 is 14.2. The lowest BCUT2D eigenvalue weighted by Crippen LogP contribution is -2.41. The molecule has 1 saturated carbocycles. The summed E-state index contributed by atoms with van der Waals surface area (Å²) in [5, 5.41) is 41.6. The number of hydrogen-bond donors (Lipinski definition) is 4. The number of aromatic hydroxyl groups is 4. The highest BCUT2D eigenvalue weighted by Gasteiger charge is 2.47. The summed E-state index contributed by atoms with van der Waals surface area (Å²) in [4.78, 5) is 0. The van der Waals surface area contributed by atoms with Gasteiger partial charge in [0.2, 0.25) is 0 Å². The van der Waals surface area contributed by atoms with E-state index in [1.54, 1.807) is 12.1 Å². The summed E-state index contributed by atoms with van der Waals surface area (Å²) in [7, 11) is 0. The van der Waals surface area contributed by atoms with E-state index in [4.69, 9.17) is 0 Å². The molecule has 4 aromatic carbocycles. The largest absolute Gasteiger partial charge is 0.508 e. The monoisotopic (exact) mass is 792 g/mol. The van der Waals surface area contributed by atoms with E-state index < -0.39 is 5.41 Å². The average Bonchev–Trinajstić information content (AvgIpc) is 2.93. The van der Waals surface area contributed by atoms with E-state index in [1.807, 2.05) is 50.2 Å². The number of phenolic OH excluding ortho intramolecular Hbond substituents is 4. The van der Waals surface area contributed by atoms with E-state index in [0.29, 0.717) is 17.9 Å². The van der Waals surface area contributed by atoms with Gasteiger partial charge in [0.15, 0.2) is 0 Å². The van der Waals surface area contributed by atoms with Crippen LogP contribution in [-0.4, -0.2) is 20.4 Å². The van der Waals surface area contributed by atoms with Crippen molar-refractivity contribution in [2.24, 2.45) is 0 Å². The Labute approximate surface area is 267 Å². The molecule has 4 nitrogen and oxygen atoms in total. The predicted octanol–water partition coefficient (Wildman–Crippen LogP) is 10.0. The molecule has 8 heteroatoms. The third-order valence-corrected chi connectivity index (χ3v) is 11.0. The van der Waals surface area contributed by atoms with Crippen LogP contribution in [0.3, 0.4) is 0 Å². The SMILES string of the molecule is Cc1cc(C2(c3ccc(O)c(C)c3)CCC(c3cc(Br)c(O)c(Br)c3)(c3cc(Br)c(O)c(Br)c3)CC2)ccc1O. The number of hydrogen-bond acceptors (Lipinski definition) is 4. The minimum Gasteiger partial charge on any atom is -0.508 e. The van der Waals surface area contributed by atoms with E-state index >= 15 is 0 Å². The fourth-order valence-electron chi connectivity index (χ4n) is 6.18. The van der Waals surface area contributed by atoms with Crippen molar-refractivity contribution in [3.05, 3.63) is 112 Å². The molecule has 208 valence electrons. The van der Waals surface area contributed by atoms with Gasteiger partial charge in [0, 0.05) is 10.8 Å². The molecule has 0 amide bonds. The van der Waals surface area contributed by atoms with Gasteiger partial charge in [0.1, 0.15) is 23.0 Å². The Kier molecular flexibility index (Phi) is 8.12. The van der Waals surface area contributed by atoms with Crippen LogP contribution in [0.15, 0.2) is 78.6 Å². The van der Waals surface area contributed by atoms with E-state index in [-0.39, 0.29) is 28.4 Å². The second-order valence-corrected chi connectivity index (χ2v) is 14.2. The average molecular weight is 796 g/mol. The molecule has 0 aliphatic heterocycles. The molecule has 5 rings (SSSR count). The Hall–Kier alpha value is -2.00. The van der Waals surface area contributed by atoms with Crippen molar-refractivity contribution in [3.63, 3.8) is 0 Å². The topological polar surface area (TPSA) is 80.9 Å². The van der Waals surface area contributed by atoms with Gasteiger partial charge in [0.25, 0.3) is 0 Å². The summed E-state index contributed by atoms with van der Waals surface area (Å²) in [6.07, 6.45) is 3.10. The second-order valence-electron chi connectivity index (χ2n) is 10.7. The normalized spacial score (nSPS) is 16.1. The number of rotatable bonds is 4. The minimum absolute atomic E-state index is 0.149. The molecule has 1 aliphatic rings. The first-order valence-corrected chi connectivity index (χ1v) is 16.0. The smallest absolute Gasteiger partial charge is 0.143 e. The lowest BCUT2D eigenvalue weighted by Gasteiger charge is -2.48. The molecule has 0 spiro atoms. The first-order valence-electron chi connectivity index (χ1n) is 12.9. The van der Waals surface area contributed by atoms with Crippen molar-refractivity contribution in [3.8, 4) is 23.0 Å². The van der Waals surface area contributed by atoms with Crippen LogP contribution in [0.2, 0.25) is 0 Å². The van der Waals surface area contributed by atoms with Crippen LogP contribution in [0.4, 0.5) is 0 Å². The number of halogens is 4. The van der Waals surface area contributed by atoms with E-state index in [0.717, 1.165) is 59.1 Å². The van der Waals surface area contributed by atoms with E-state index in [2.05, 4.69) is 75.9 Å². The summed E-state index contributed by atoms with van der Waals surface area (Å²) < 4.78 is 2.42. The number of aryl methyl sites for hydroxylation is 2. The van der Waals surface area contributed by atoms with Gasteiger partial charge in [-0.05, 0) is 173 Å². The van der Waals surface area contributed by atoms with Crippen LogP contribution in [-0.2, 0) is 10.8 Å². The predicted molar refractivity (Wildman–Crippen MR) is 173 cm³/mol. The maximum Gasteiger partial charge on any atom is 0.143 e. The van der Waals surface area contributed by atoms with Gasteiger partial charge in [-0.2, -0.15) is 0 Å². The van der Waals surface area contributed by atoms with Gasteiger partial charge >= 0.3 is 0 Å². The van der Waals surface area contributed by atoms with Gasteiger partial charge in [-0.1, -0.05) is 24.3 Å². The van der Waals surface area contributed by atoms with Gasteiger partial charge in [0.05, 0.1) is 17.9 Å². The quantitative estimate of drug-likeness (QED) is 0.166. The van der Waals surface area contributed by atoms with Gasteiger partial charge in [-0.15, -0.1) is 0 Å². The Morgan fingerprint density at radius 2 is 0.775 bits per heavy atom. The Morgan fingerprint density at radius 1 is 0.475 bits per heavy atom. The summed E-state index contributed by atoms with van der Waals surface area (Å²) in [6, 6.07) is 19.6. The molecule has 0 unspecified atom stereocenters. The minimum atomic E-state index is -0.432. The third kappa shape index (κ3) is 4.99. The highest BCUT2D eigenvalue weighted by molar-refractivity contribution is 9.11. The molecule has 0 saturated heterocycles. The highest BCUT2D eigenvalue weighted by Crippen LogP contribution is 2.56. The van der Waals surface area contributed by atoms with Crippen molar-refractivity contribution < 1.29 is 20.4 Å². The molecule has 40 heavy (non-hydrogen) atoms. The zero-order valence-corrected chi connectivity index (χ0v) is 28.2. The highest BCUT2D eigenvalue weighted by atomic mass is 79.9. The lowest BCUT2D eigenvalue weighted by atomic mass is 9.55. The molecular formula is C32H28Br4O4. The number of phenols is 4. The first-order chi connectivity index (χ1) is 18.9. The van der Waals surface area contributed by atoms with Crippen molar-refractivity contribution in [2.75, 3.05) is 0 Å². The van der Waals surface area contributed by atoms with Crippen LogP contribution >= 0.6 is 63.7 Å². The van der Waals surface area contributed by atoms with Crippen LogP contribution in [0, 0.1) is 13.8 Å². The fraction of sp³-hybridized carbons (Fsp3) is 0.250. The summed E-state index contributed by atoms with van der Waals surface area (Å²) in [5.41, 5.74) is 5.21.